The molecular weight excluding hydrogens is 363 g/mol. The Labute approximate surface area is 153 Å². The largest absolute Gasteiger partial charge is 0.489 e. The molecule has 1 saturated heterocycles. The first kappa shape index (κ1) is 17.8. The van der Waals surface area contributed by atoms with Crippen molar-refractivity contribution in [3.63, 3.8) is 0 Å². The first-order valence-electron chi connectivity index (χ1n) is 8.73. The van der Waals surface area contributed by atoms with E-state index in [4.69, 9.17) is 9.47 Å². The van der Waals surface area contributed by atoms with Gasteiger partial charge in [-0.15, -0.1) is 0 Å². The van der Waals surface area contributed by atoms with Crippen LogP contribution in [0.25, 0.3) is 0 Å². The van der Waals surface area contributed by atoms with Crippen molar-refractivity contribution in [2.75, 3.05) is 31.3 Å². The molecule has 2 aromatic rings. The molecule has 1 aromatic carbocycles. The van der Waals surface area contributed by atoms with Crippen LogP contribution in [0.3, 0.4) is 0 Å². The Kier molecular flexibility index (Phi) is 4.55. The van der Waals surface area contributed by atoms with Crippen LogP contribution in [-0.2, 0) is 10.9 Å². The van der Waals surface area contributed by atoms with Crippen molar-refractivity contribution < 1.29 is 27.4 Å². The second-order valence-electron chi connectivity index (χ2n) is 6.46. The van der Waals surface area contributed by atoms with Gasteiger partial charge >= 0.3 is 6.18 Å². The van der Waals surface area contributed by atoms with Gasteiger partial charge in [-0.1, -0.05) is 6.07 Å². The number of fused-ring (bicyclic) bond motifs is 1. The molecule has 0 N–H and O–H groups in total. The summed E-state index contributed by atoms with van der Waals surface area (Å²) in [4.78, 5) is 14.5. The molecule has 1 aromatic heterocycles. The highest BCUT2D eigenvalue weighted by atomic mass is 19.4. The molecule has 0 atom stereocenters. The molecule has 1 fully saturated rings. The lowest BCUT2D eigenvalue weighted by atomic mass is 10.1. The first-order chi connectivity index (χ1) is 13.0. The van der Waals surface area contributed by atoms with Crippen LogP contribution in [0.15, 0.2) is 30.5 Å². The monoisotopic (exact) mass is 381 g/mol. The van der Waals surface area contributed by atoms with Crippen LogP contribution in [0, 0.1) is 0 Å². The van der Waals surface area contributed by atoms with Gasteiger partial charge in [0, 0.05) is 19.4 Å². The number of amides is 1. The van der Waals surface area contributed by atoms with Gasteiger partial charge in [-0.05, 0) is 31.0 Å². The molecule has 0 radical (unpaired) electrons. The lowest BCUT2D eigenvalue weighted by molar-refractivity contribution is -0.139. The van der Waals surface area contributed by atoms with E-state index in [2.05, 4.69) is 5.10 Å². The Morgan fingerprint density at radius 3 is 2.67 bits per heavy atom. The highest BCUT2D eigenvalue weighted by Gasteiger charge is 2.38. The standard InChI is InChI=1S/C18H18F3N3O3/c19-18(20,21)13-2-1-3-14-16(13)27-11-8-23(14)17(25)15-4-7-22-24(15)12-5-9-26-10-6-12/h1-4,7,12H,5-6,8-11H2. The van der Waals surface area contributed by atoms with E-state index in [1.54, 1.807) is 10.7 Å². The minimum absolute atomic E-state index is 0.00274. The molecular formula is C18H18F3N3O3. The highest BCUT2D eigenvalue weighted by Crippen LogP contribution is 2.43. The van der Waals surface area contributed by atoms with Crippen molar-refractivity contribution in [1.29, 1.82) is 0 Å². The zero-order valence-electron chi connectivity index (χ0n) is 14.4. The van der Waals surface area contributed by atoms with E-state index >= 15 is 0 Å². The van der Waals surface area contributed by atoms with Crippen LogP contribution in [0.5, 0.6) is 5.75 Å². The Morgan fingerprint density at radius 2 is 1.93 bits per heavy atom. The topological polar surface area (TPSA) is 56.6 Å². The Balaban J connectivity index is 1.69. The predicted molar refractivity (Wildman–Crippen MR) is 89.9 cm³/mol. The number of benzene rings is 1. The number of hydrogen-bond acceptors (Lipinski definition) is 4. The summed E-state index contributed by atoms with van der Waals surface area (Å²) in [5.74, 6) is -0.690. The van der Waals surface area contributed by atoms with Gasteiger partial charge in [0.1, 0.15) is 12.3 Å². The third kappa shape index (κ3) is 3.27. The molecule has 9 heteroatoms. The summed E-state index contributed by atoms with van der Waals surface area (Å²) >= 11 is 0. The number of alkyl halides is 3. The van der Waals surface area contributed by atoms with E-state index in [-0.39, 0.29) is 36.5 Å². The number of rotatable bonds is 2. The van der Waals surface area contributed by atoms with Crippen LogP contribution < -0.4 is 9.64 Å². The summed E-state index contributed by atoms with van der Waals surface area (Å²) in [5.41, 5.74) is -0.400. The fraction of sp³-hybridized carbons (Fsp3) is 0.444. The molecule has 6 nitrogen and oxygen atoms in total. The van der Waals surface area contributed by atoms with E-state index in [1.807, 2.05) is 0 Å². The number of nitrogens with zero attached hydrogens (tertiary/aromatic N) is 3. The summed E-state index contributed by atoms with van der Waals surface area (Å²) < 4.78 is 52.1. The fourth-order valence-corrected chi connectivity index (χ4v) is 3.53. The zero-order chi connectivity index (χ0) is 19.0. The van der Waals surface area contributed by atoms with Gasteiger partial charge in [0.05, 0.1) is 23.8 Å². The summed E-state index contributed by atoms with van der Waals surface area (Å²) in [6.45, 7) is 1.35. The van der Waals surface area contributed by atoms with Crippen molar-refractivity contribution in [3.8, 4) is 5.75 Å². The summed E-state index contributed by atoms with van der Waals surface area (Å²) in [6.07, 6.45) is -1.54. The number of hydrogen-bond donors (Lipinski definition) is 0. The SMILES string of the molecule is O=C(c1ccnn1C1CCOCC1)N1CCOc2c1cccc2C(F)(F)F. The second-order valence-corrected chi connectivity index (χ2v) is 6.46. The van der Waals surface area contributed by atoms with Crippen LogP contribution in [0.2, 0.25) is 0 Å². The average molecular weight is 381 g/mol. The maximum atomic E-state index is 13.3. The quantitative estimate of drug-likeness (QED) is 0.801. The van der Waals surface area contributed by atoms with Gasteiger partial charge < -0.3 is 14.4 Å². The first-order valence-corrected chi connectivity index (χ1v) is 8.73. The van der Waals surface area contributed by atoms with Gasteiger partial charge in [-0.25, -0.2) is 0 Å². The number of para-hydroxylation sites is 1. The van der Waals surface area contributed by atoms with Crippen molar-refractivity contribution in [1.82, 2.24) is 9.78 Å². The molecule has 27 heavy (non-hydrogen) atoms. The predicted octanol–water partition coefficient (Wildman–Crippen LogP) is 3.29. The van der Waals surface area contributed by atoms with Gasteiger partial charge in [0.15, 0.2) is 5.75 Å². The molecule has 2 aliphatic rings. The van der Waals surface area contributed by atoms with E-state index < -0.39 is 11.7 Å². The minimum Gasteiger partial charge on any atom is -0.489 e. The lowest BCUT2D eigenvalue weighted by Crippen LogP contribution is -2.40. The Morgan fingerprint density at radius 1 is 1.15 bits per heavy atom. The van der Waals surface area contributed by atoms with Crippen LogP contribution >= 0.6 is 0 Å². The molecule has 1 amide bonds. The van der Waals surface area contributed by atoms with Crippen molar-refractivity contribution >= 4 is 11.6 Å². The fourth-order valence-electron chi connectivity index (χ4n) is 3.53. The lowest BCUT2D eigenvalue weighted by Gasteiger charge is -2.32. The summed E-state index contributed by atoms with van der Waals surface area (Å²) in [6, 6.07) is 5.35. The van der Waals surface area contributed by atoms with Gasteiger partial charge in [0.25, 0.3) is 5.91 Å². The molecule has 144 valence electrons. The third-order valence-electron chi connectivity index (χ3n) is 4.82. The van der Waals surface area contributed by atoms with Crippen LogP contribution in [0.4, 0.5) is 18.9 Å². The van der Waals surface area contributed by atoms with Crippen LogP contribution in [0.1, 0.15) is 34.9 Å². The number of carbonyl (C=O) groups excluding carboxylic acids is 1. The van der Waals surface area contributed by atoms with E-state index in [9.17, 15) is 18.0 Å². The number of halogens is 3. The maximum Gasteiger partial charge on any atom is 0.420 e. The summed E-state index contributed by atoms with van der Waals surface area (Å²) in [7, 11) is 0. The van der Waals surface area contributed by atoms with Gasteiger partial charge in [-0.2, -0.15) is 18.3 Å². The molecule has 0 aliphatic carbocycles. The third-order valence-corrected chi connectivity index (χ3v) is 4.82. The number of ether oxygens (including phenoxy) is 2. The molecule has 0 spiro atoms. The van der Waals surface area contributed by atoms with E-state index in [0.717, 1.165) is 18.9 Å². The van der Waals surface area contributed by atoms with Crippen LogP contribution in [-0.4, -0.2) is 42.1 Å². The van der Waals surface area contributed by atoms with Gasteiger partial charge in [0.2, 0.25) is 0 Å². The Hall–Kier alpha value is -2.55. The number of anilines is 1. The van der Waals surface area contributed by atoms with Crippen molar-refractivity contribution in [2.45, 2.75) is 25.1 Å². The number of carbonyl (C=O) groups is 1. The molecule has 3 heterocycles. The highest BCUT2D eigenvalue weighted by molar-refractivity contribution is 6.06. The van der Waals surface area contributed by atoms with E-state index in [0.29, 0.717) is 18.9 Å². The van der Waals surface area contributed by atoms with E-state index in [1.165, 1.54) is 23.2 Å². The smallest absolute Gasteiger partial charge is 0.420 e. The van der Waals surface area contributed by atoms with Gasteiger partial charge in [-0.3, -0.25) is 9.48 Å². The zero-order valence-corrected chi connectivity index (χ0v) is 14.4. The molecule has 0 saturated carbocycles. The van der Waals surface area contributed by atoms with Crippen molar-refractivity contribution in [2.24, 2.45) is 0 Å². The minimum atomic E-state index is -4.55. The average Bonchev–Trinajstić information content (AvgIpc) is 3.16. The number of aromatic nitrogens is 2. The van der Waals surface area contributed by atoms with Crippen molar-refractivity contribution in [3.05, 3.63) is 41.7 Å². The maximum absolute atomic E-state index is 13.3. The normalized spacial score (nSPS) is 18.1. The molecule has 0 unspecified atom stereocenters. The molecule has 2 aliphatic heterocycles. The molecule has 4 rings (SSSR count). The summed E-state index contributed by atoms with van der Waals surface area (Å²) in [5, 5.41) is 4.27. The second kappa shape index (κ2) is 6.88. The Bertz CT molecular complexity index is 844. The molecule has 0 bridgehead atoms.